The van der Waals surface area contributed by atoms with Crippen molar-refractivity contribution in [2.45, 2.75) is 59.6 Å². The number of aliphatic hydroxyl groups excluding tert-OH is 1. The predicted molar refractivity (Wildman–Crippen MR) is 84.5 cm³/mol. The highest BCUT2D eigenvalue weighted by Gasteiger charge is 2.11. The van der Waals surface area contributed by atoms with E-state index in [0.29, 0.717) is 19.2 Å². The molecule has 20 heavy (non-hydrogen) atoms. The lowest BCUT2D eigenvalue weighted by atomic mass is 10.1. The maximum absolute atomic E-state index is 9.99. The first-order valence-corrected chi connectivity index (χ1v) is 7.56. The van der Waals surface area contributed by atoms with E-state index in [0.717, 1.165) is 29.7 Å². The maximum Gasteiger partial charge on any atom is 0.125 e. The smallest absolute Gasteiger partial charge is 0.125 e. The van der Waals surface area contributed by atoms with Crippen molar-refractivity contribution in [1.29, 1.82) is 0 Å². The SMILES string of the molecule is CCC[C@H](C)NC[C@H](O)COc1c(C)ccc(C)c1C. The number of benzene rings is 1. The van der Waals surface area contributed by atoms with Crippen molar-refractivity contribution >= 4 is 0 Å². The first-order valence-electron chi connectivity index (χ1n) is 7.56. The fourth-order valence-corrected chi connectivity index (χ4v) is 2.26. The molecular weight excluding hydrogens is 250 g/mol. The Morgan fingerprint density at radius 2 is 1.85 bits per heavy atom. The fourth-order valence-electron chi connectivity index (χ4n) is 2.26. The lowest BCUT2D eigenvalue weighted by Crippen LogP contribution is -2.36. The number of ether oxygens (including phenoxy) is 1. The number of aryl methyl sites for hydroxylation is 2. The van der Waals surface area contributed by atoms with Crippen molar-refractivity contribution in [3.8, 4) is 5.75 Å². The molecule has 0 unspecified atom stereocenters. The van der Waals surface area contributed by atoms with Gasteiger partial charge in [0.05, 0.1) is 0 Å². The Kier molecular flexibility index (Phi) is 7.03. The Hall–Kier alpha value is -1.06. The Bertz CT molecular complexity index is 418. The molecule has 1 aromatic rings. The Balaban J connectivity index is 2.45. The lowest BCUT2D eigenvalue weighted by molar-refractivity contribution is 0.103. The molecule has 0 aliphatic carbocycles. The third kappa shape index (κ3) is 5.14. The van der Waals surface area contributed by atoms with Crippen LogP contribution in [0.2, 0.25) is 0 Å². The zero-order chi connectivity index (χ0) is 15.1. The van der Waals surface area contributed by atoms with E-state index in [1.54, 1.807) is 0 Å². The Labute approximate surface area is 123 Å². The summed E-state index contributed by atoms with van der Waals surface area (Å²) >= 11 is 0. The number of aliphatic hydroxyl groups is 1. The van der Waals surface area contributed by atoms with Crippen molar-refractivity contribution in [2.75, 3.05) is 13.2 Å². The molecule has 114 valence electrons. The predicted octanol–water partition coefficient (Wildman–Crippen LogP) is 3.13. The van der Waals surface area contributed by atoms with Gasteiger partial charge >= 0.3 is 0 Å². The van der Waals surface area contributed by atoms with Gasteiger partial charge in [-0.25, -0.2) is 0 Å². The van der Waals surface area contributed by atoms with Crippen LogP contribution in [-0.2, 0) is 0 Å². The van der Waals surface area contributed by atoms with Crippen LogP contribution in [0.1, 0.15) is 43.4 Å². The van der Waals surface area contributed by atoms with Crippen molar-refractivity contribution in [3.05, 3.63) is 28.8 Å². The van der Waals surface area contributed by atoms with Crippen LogP contribution in [0, 0.1) is 20.8 Å². The molecule has 2 atom stereocenters. The van der Waals surface area contributed by atoms with E-state index in [1.807, 2.05) is 6.92 Å². The quantitative estimate of drug-likeness (QED) is 0.768. The normalized spacial score (nSPS) is 14.1. The van der Waals surface area contributed by atoms with E-state index in [9.17, 15) is 5.11 Å². The van der Waals surface area contributed by atoms with Gasteiger partial charge in [-0.2, -0.15) is 0 Å². The largest absolute Gasteiger partial charge is 0.490 e. The molecule has 0 spiro atoms. The van der Waals surface area contributed by atoms with Crippen molar-refractivity contribution < 1.29 is 9.84 Å². The van der Waals surface area contributed by atoms with Gasteiger partial charge in [0.15, 0.2) is 0 Å². The summed E-state index contributed by atoms with van der Waals surface area (Å²) in [6, 6.07) is 4.60. The minimum Gasteiger partial charge on any atom is -0.490 e. The minimum atomic E-state index is -0.478. The molecule has 0 amide bonds. The van der Waals surface area contributed by atoms with Gasteiger partial charge in [-0.3, -0.25) is 0 Å². The fraction of sp³-hybridized carbons (Fsp3) is 0.647. The summed E-state index contributed by atoms with van der Waals surface area (Å²) in [7, 11) is 0. The van der Waals surface area contributed by atoms with Crippen LogP contribution >= 0.6 is 0 Å². The molecule has 0 aliphatic rings. The van der Waals surface area contributed by atoms with Crippen LogP contribution < -0.4 is 10.1 Å². The van der Waals surface area contributed by atoms with Crippen LogP contribution in [0.3, 0.4) is 0 Å². The second-order valence-corrected chi connectivity index (χ2v) is 5.72. The van der Waals surface area contributed by atoms with E-state index < -0.39 is 6.10 Å². The van der Waals surface area contributed by atoms with Crippen molar-refractivity contribution in [1.82, 2.24) is 5.32 Å². The maximum atomic E-state index is 9.99. The highest BCUT2D eigenvalue weighted by molar-refractivity contribution is 5.44. The number of nitrogens with one attached hydrogen (secondary N) is 1. The van der Waals surface area contributed by atoms with Gasteiger partial charge in [-0.1, -0.05) is 25.5 Å². The molecule has 3 heteroatoms. The first kappa shape index (κ1) is 17.0. The summed E-state index contributed by atoms with van der Waals surface area (Å²) in [6.07, 6.45) is 1.81. The van der Waals surface area contributed by atoms with E-state index in [-0.39, 0.29) is 0 Å². The number of hydrogen-bond donors (Lipinski definition) is 2. The first-order chi connectivity index (χ1) is 9.45. The van der Waals surface area contributed by atoms with Crippen LogP contribution in [-0.4, -0.2) is 30.4 Å². The van der Waals surface area contributed by atoms with E-state index in [4.69, 9.17) is 4.74 Å². The zero-order valence-electron chi connectivity index (χ0n) is 13.5. The highest BCUT2D eigenvalue weighted by Crippen LogP contribution is 2.25. The summed E-state index contributed by atoms with van der Waals surface area (Å²) in [5.74, 6) is 0.908. The van der Waals surface area contributed by atoms with Gasteiger partial charge in [0.25, 0.3) is 0 Å². The van der Waals surface area contributed by atoms with Crippen LogP contribution in [0.25, 0.3) is 0 Å². The molecule has 0 heterocycles. The second-order valence-electron chi connectivity index (χ2n) is 5.72. The van der Waals surface area contributed by atoms with Gasteiger partial charge in [0.2, 0.25) is 0 Å². The topological polar surface area (TPSA) is 41.5 Å². The van der Waals surface area contributed by atoms with Gasteiger partial charge in [-0.15, -0.1) is 0 Å². The molecule has 1 aromatic carbocycles. The molecule has 1 rings (SSSR count). The molecule has 0 radical (unpaired) electrons. The summed E-state index contributed by atoms with van der Waals surface area (Å²) in [5, 5.41) is 13.3. The standard InChI is InChI=1S/C17H29NO2/c1-6-7-14(4)18-10-16(19)11-20-17-13(3)9-8-12(2)15(17)5/h8-9,14,16,18-19H,6-7,10-11H2,1-5H3/t14-,16-/m0/s1. The second kappa shape index (κ2) is 8.28. The van der Waals surface area contributed by atoms with E-state index >= 15 is 0 Å². The van der Waals surface area contributed by atoms with Crippen LogP contribution in [0.4, 0.5) is 0 Å². The average molecular weight is 279 g/mol. The van der Waals surface area contributed by atoms with Crippen molar-refractivity contribution in [2.24, 2.45) is 0 Å². The third-order valence-corrected chi connectivity index (χ3v) is 3.72. The molecule has 0 bridgehead atoms. The van der Waals surface area contributed by atoms with E-state index in [2.05, 4.69) is 45.1 Å². The Morgan fingerprint density at radius 1 is 1.20 bits per heavy atom. The summed E-state index contributed by atoms with van der Waals surface area (Å²) < 4.78 is 5.81. The summed E-state index contributed by atoms with van der Waals surface area (Å²) in [6.45, 7) is 11.4. The summed E-state index contributed by atoms with van der Waals surface area (Å²) in [4.78, 5) is 0. The number of rotatable bonds is 8. The molecule has 0 aromatic heterocycles. The molecule has 2 N–H and O–H groups in total. The summed E-state index contributed by atoms with van der Waals surface area (Å²) in [5.41, 5.74) is 3.49. The number of hydrogen-bond acceptors (Lipinski definition) is 3. The monoisotopic (exact) mass is 279 g/mol. The zero-order valence-corrected chi connectivity index (χ0v) is 13.5. The van der Waals surface area contributed by atoms with Crippen LogP contribution in [0.15, 0.2) is 12.1 Å². The van der Waals surface area contributed by atoms with Gasteiger partial charge in [0, 0.05) is 12.6 Å². The van der Waals surface area contributed by atoms with Gasteiger partial charge in [0.1, 0.15) is 18.5 Å². The average Bonchev–Trinajstić information content (AvgIpc) is 2.41. The lowest BCUT2D eigenvalue weighted by Gasteiger charge is -2.19. The minimum absolute atomic E-state index is 0.330. The molecule has 0 saturated heterocycles. The third-order valence-electron chi connectivity index (χ3n) is 3.72. The molecule has 0 fully saturated rings. The Morgan fingerprint density at radius 3 is 2.50 bits per heavy atom. The molecule has 3 nitrogen and oxygen atoms in total. The van der Waals surface area contributed by atoms with Gasteiger partial charge in [-0.05, 0) is 50.8 Å². The van der Waals surface area contributed by atoms with Crippen LogP contribution in [0.5, 0.6) is 5.75 Å². The highest BCUT2D eigenvalue weighted by atomic mass is 16.5. The molecule has 0 aliphatic heterocycles. The van der Waals surface area contributed by atoms with Gasteiger partial charge < -0.3 is 15.2 Å². The molecular formula is C17H29NO2. The van der Waals surface area contributed by atoms with Crippen molar-refractivity contribution in [3.63, 3.8) is 0 Å². The van der Waals surface area contributed by atoms with E-state index in [1.165, 1.54) is 5.56 Å². The molecule has 0 saturated carbocycles.